The summed E-state index contributed by atoms with van der Waals surface area (Å²) in [5.74, 6) is 0. The molecule has 0 aliphatic heterocycles. The Bertz CT molecular complexity index is 472. The highest BCUT2D eigenvalue weighted by Gasteiger charge is 2.06. The molecule has 0 spiro atoms. The third-order valence-corrected chi connectivity index (χ3v) is 2.10. The van der Waals surface area contributed by atoms with Gasteiger partial charge in [0.05, 0.1) is 0 Å². The van der Waals surface area contributed by atoms with Crippen molar-refractivity contribution < 1.29 is 4.85 Å². The van der Waals surface area contributed by atoms with Gasteiger partial charge in [-0.15, -0.1) is 0 Å². The molecular formula is C10H12N4O. The Morgan fingerprint density at radius 3 is 3.00 bits per heavy atom. The van der Waals surface area contributed by atoms with Crippen molar-refractivity contribution in [3.8, 4) is 0 Å². The molecule has 0 aliphatic rings. The van der Waals surface area contributed by atoms with Gasteiger partial charge in [-0.3, -0.25) is 0 Å². The number of nitrogens with zero attached hydrogens (tertiary/aromatic N) is 2. The Morgan fingerprint density at radius 1 is 1.40 bits per heavy atom. The van der Waals surface area contributed by atoms with E-state index >= 15 is 0 Å². The molecule has 0 fully saturated rings. The molecule has 5 heteroatoms. The van der Waals surface area contributed by atoms with Crippen LogP contribution in [0.4, 0.5) is 5.69 Å². The fourth-order valence-electron chi connectivity index (χ4n) is 1.45. The number of aromatic nitrogens is 2. The van der Waals surface area contributed by atoms with Gasteiger partial charge in [-0.2, -0.15) is 0 Å². The van der Waals surface area contributed by atoms with Gasteiger partial charge in [0.15, 0.2) is 0 Å². The molecular weight excluding hydrogens is 192 g/mol. The van der Waals surface area contributed by atoms with E-state index in [1.807, 2.05) is 18.2 Å². The summed E-state index contributed by atoms with van der Waals surface area (Å²) in [5, 5.41) is 19.1. The molecule has 5 nitrogen and oxygen atoms in total. The van der Waals surface area contributed by atoms with Crippen LogP contribution in [-0.2, 0) is 0 Å². The van der Waals surface area contributed by atoms with E-state index in [1.54, 1.807) is 6.07 Å². The Balaban J connectivity index is 2.50. The van der Waals surface area contributed by atoms with Crippen LogP contribution < -0.4 is 15.9 Å². The normalized spacial score (nSPS) is 10.5. The lowest BCUT2D eigenvalue weighted by atomic mass is 10.2. The first kappa shape index (κ1) is 9.67. The summed E-state index contributed by atoms with van der Waals surface area (Å²) in [6.45, 7) is 1.16. The number of anilines is 1. The van der Waals surface area contributed by atoms with Crippen molar-refractivity contribution in [2.45, 2.75) is 0 Å². The van der Waals surface area contributed by atoms with Gasteiger partial charge in [-0.1, -0.05) is 23.0 Å². The van der Waals surface area contributed by atoms with Crippen molar-refractivity contribution in [3.05, 3.63) is 35.7 Å². The monoisotopic (exact) mass is 204 g/mol. The molecule has 0 aliphatic carbocycles. The largest absolute Gasteiger partial charge is 0.594 e. The first-order chi connectivity index (χ1) is 7.31. The summed E-state index contributed by atoms with van der Waals surface area (Å²) < 4.78 is 0. The number of hydrogen-bond donors (Lipinski definition) is 2. The van der Waals surface area contributed by atoms with E-state index in [0.29, 0.717) is 23.5 Å². The standard InChI is InChI=1S/C10H12N4O/c11-5-6-12-10-7-14(15)13-9-4-2-1-3-8(9)10/h1-4,7,12H,5-6,11H2. The highest BCUT2D eigenvalue weighted by Crippen LogP contribution is 2.18. The van der Waals surface area contributed by atoms with Gasteiger partial charge >= 0.3 is 0 Å². The van der Waals surface area contributed by atoms with Crippen LogP contribution in [0.5, 0.6) is 0 Å². The second kappa shape index (κ2) is 4.10. The quantitative estimate of drug-likeness (QED) is 0.554. The van der Waals surface area contributed by atoms with Gasteiger partial charge in [-0.05, 0) is 6.07 Å². The summed E-state index contributed by atoms with van der Waals surface area (Å²) in [5.41, 5.74) is 6.84. The van der Waals surface area contributed by atoms with Crippen LogP contribution in [0, 0.1) is 5.21 Å². The second-order valence-electron chi connectivity index (χ2n) is 3.18. The van der Waals surface area contributed by atoms with Crippen molar-refractivity contribution in [1.29, 1.82) is 0 Å². The SMILES string of the molecule is NCCNc1c[n+]([O-])nc2ccccc12. The summed E-state index contributed by atoms with van der Waals surface area (Å²) in [7, 11) is 0. The van der Waals surface area contributed by atoms with Crippen LogP contribution in [0.1, 0.15) is 0 Å². The Morgan fingerprint density at radius 2 is 2.20 bits per heavy atom. The average molecular weight is 204 g/mol. The van der Waals surface area contributed by atoms with Crippen molar-refractivity contribution in [2.75, 3.05) is 18.4 Å². The highest BCUT2D eigenvalue weighted by molar-refractivity contribution is 5.89. The molecule has 1 aromatic heterocycles. The molecule has 2 aromatic rings. The number of nitrogens with one attached hydrogen (secondary N) is 1. The number of hydrogen-bond acceptors (Lipinski definition) is 4. The highest BCUT2D eigenvalue weighted by atomic mass is 16.5. The predicted octanol–water partition coefficient (Wildman–Crippen LogP) is 0.239. The molecule has 3 N–H and O–H groups in total. The predicted molar refractivity (Wildman–Crippen MR) is 58.2 cm³/mol. The van der Waals surface area contributed by atoms with Gasteiger partial charge in [0.1, 0.15) is 11.2 Å². The van der Waals surface area contributed by atoms with E-state index in [4.69, 9.17) is 5.73 Å². The van der Waals surface area contributed by atoms with Crippen LogP contribution in [0.25, 0.3) is 10.9 Å². The number of rotatable bonds is 3. The third-order valence-electron chi connectivity index (χ3n) is 2.10. The molecule has 15 heavy (non-hydrogen) atoms. The maximum atomic E-state index is 11.2. The van der Waals surface area contributed by atoms with Crippen molar-refractivity contribution in [1.82, 2.24) is 5.10 Å². The number of benzene rings is 1. The maximum absolute atomic E-state index is 11.2. The molecule has 0 saturated heterocycles. The molecule has 78 valence electrons. The van der Waals surface area contributed by atoms with Gasteiger partial charge in [0, 0.05) is 23.6 Å². The van der Waals surface area contributed by atoms with Gasteiger partial charge in [-0.25, -0.2) is 0 Å². The van der Waals surface area contributed by atoms with Crippen molar-refractivity contribution >= 4 is 16.6 Å². The maximum Gasteiger partial charge on any atom is 0.233 e. The lowest BCUT2D eigenvalue weighted by Crippen LogP contribution is -2.31. The lowest BCUT2D eigenvalue weighted by molar-refractivity contribution is -0.665. The van der Waals surface area contributed by atoms with Gasteiger partial charge in [0.25, 0.3) is 0 Å². The molecule has 0 amide bonds. The van der Waals surface area contributed by atoms with Crippen LogP contribution in [0.15, 0.2) is 30.5 Å². The molecule has 2 rings (SSSR count). The molecule has 0 bridgehead atoms. The topological polar surface area (TPSA) is 77.9 Å². The zero-order valence-electron chi connectivity index (χ0n) is 8.18. The fraction of sp³-hybridized carbons (Fsp3) is 0.200. The van der Waals surface area contributed by atoms with Crippen molar-refractivity contribution in [2.24, 2.45) is 5.73 Å². The number of fused-ring (bicyclic) bond motifs is 1. The Hall–Kier alpha value is -1.88. The van der Waals surface area contributed by atoms with E-state index in [0.717, 1.165) is 11.1 Å². The first-order valence-electron chi connectivity index (χ1n) is 4.74. The van der Waals surface area contributed by atoms with Crippen LogP contribution in [0.2, 0.25) is 0 Å². The minimum absolute atomic E-state index is 0.523. The minimum atomic E-state index is 0.523. The summed E-state index contributed by atoms with van der Waals surface area (Å²) in [4.78, 5) is 0.557. The zero-order valence-corrected chi connectivity index (χ0v) is 8.18. The molecule has 0 unspecified atom stereocenters. The molecule has 0 radical (unpaired) electrons. The Labute approximate surface area is 87.1 Å². The van der Waals surface area contributed by atoms with Gasteiger partial charge < -0.3 is 16.3 Å². The summed E-state index contributed by atoms with van der Waals surface area (Å²) in [6, 6.07) is 7.48. The van der Waals surface area contributed by atoms with E-state index in [-0.39, 0.29) is 0 Å². The molecule has 1 aromatic carbocycles. The third kappa shape index (κ3) is 1.97. The van der Waals surface area contributed by atoms with E-state index in [1.165, 1.54) is 6.20 Å². The Kier molecular flexibility index (Phi) is 2.64. The molecule has 0 atom stereocenters. The summed E-state index contributed by atoms with van der Waals surface area (Å²) >= 11 is 0. The first-order valence-corrected chi connectivity index (χ1v) is 4.74. The van der Waals surface area contributed by atoms with Crippen molar-refractivity contribution in [3.63, 3.8) is 0 Å². The van der Waals surface area contributed by atoms with E-state index in [9.17, 15) is 5.21 Å². The molecule has 0 saturated carbocycles. The van der Waals surface area contributed by atoms with E-state index in [2.05, 4.69) is 10.4 Å². The summed E-state index contributed by atoms with van der Waals surface area (Å²) in [6.07, 6.45) is 1.41. The minimum Gasteiger partial charge on any atom is -0.594 e. The van der Waals surface area contributed by atoms with E-state index < -0.39 is 0 Å². The van der Waals surface area contributed by atoms with Crippen LogP contribution in [0.3, 0.4) is 0 Å². The number of nitrogens with two attached hydrogens (primary N) is 1. The smallest absolute Gasteiger partial charge is 0.233 e. The fourth-order valence-corrected chi connectivity index (χ4v) is 1.45. The average Bonchev–Trinajstić information content (AvgIpc) is 2.25. The second-order valence-corrected chi connectivity index (χ2v) is 3.18. The van der Waals surface area contributed by atoms with Gasteiger partial charge in [0.2, 0.25) is 6.20 Å². The zero-order chi connectivity index (χ0) is 10.7. The van der Waals surface area contributed by atoms with Crippen LogP contribution >= 0.6 is 0 Å². The van der Waals surface area contributed by atoms with Crippen LogP contribution in [-0.4, -0.2) is 18.2 Å². The molecule has 1 heterocycles. The lowest BCUT2D eigenvalue weighted by Gasteiger charge is -2.06.